The fourth-order valence-corrected chi connectivity index (χ4v) is 7.25. The van der Waals surface area contributed by atoms with Gasteiger partial charge in [0, 0.05) is 18.4 Å². The maximum absolute atomic E-state index is 13.7. The van der Waals surface area contributed by atoms with Gasteiger partial charge in [0.05, 0.1) is 17.8 Å². The summed E-state index contributed by atoms with van der Waals surface area (Å²) in [6.45, 7) is 15.1. The Morgan fingerprint density at radius 3 is 2.50 bits per heavy atom. The molecule has 2 bridgehead atoms. The fourth-order valence-electron chi connectivity index (χ4n) is 7.25. The van der Waals surface area contributed by atoms with E-state index in [-0.39, 0.29) is 42.0 Å². The molecule has 2 saturated carbocycles. The number of methoxy groups -OCH3 is 1. The molecule has 1 saturated heterocycles. The lowest BCUT2D eigenvalue weighted by molar-refractivity contribution is -0.166. The average Bonchev–Trinajstić information content (AvgIpc) is 3.20. The number of ether oxygens (including phenoxy) is 5. The number of rotatable bonds is 5. The topological polar surface area (TPSA) is 80.3 Å². The van der Waals surface area contributed by atoms with Gasteiger partial charge < -0.3 is 23.7 Å². The highest BCUT2D eigenvalue weighted by Gasteiger charge is 2.63. The van der Waals surface area contributed by atoms with Crippen LogP contribution in [0.25, 0.3) is 0 Å². The first-order valence-electron chi connectivity index (χ1n) is 13.6. The number of fused-ring (bicyclic) bond motifs is 6. The lowest BCUT2D eigenvalue weighted by Crippen LogP contribution is -2.58. The van der Waals surface area contributed by atoms with Crippen molar-refractivity contribution in [3.05, 3.63) is 59.7 Å². The second kappa shape index (κ2) is 9.70. The first-order valence-corrected chi connectivity index (χ1v) is 13.6. The van der Waals surface area contributed by atoms with Gasteiger partial charge in [-0.05, 0) is 73.8 Å². The highest BCUT2D eigenvalue weighted by molar-refractivity contribution is 5.99. The van der Waals surface area contributed by atoms with Crippen LogP contribution in [-0.2, 0) is 28.5 Å². The summed E-state index contributed by atoms with van der Waals surface area (Å²) in [6.07, 6.45) is 2.18. The Morgan fingerprint density at radius 1 is 1.11 bits per heavy atom. The van der Waals surface area contributed by atoms with Gasteiger partial charge in [-0.25, -0.2) is 4.79 Å². The summed E-state index contributed by atoms with van der Waals surface area (Å²) in [4.78, 5) is 26.8. The number of hydrogen-bond donors (Lipinski definition) is 0. The molecule has 0 unspecified atom stereocenters. The third-order valence-electron chi connectivity index (χ3n) is 9.39. The standard InChI is InChI=1S/C31H40O7/c1-18-20-15-21-25(36-28(33)19-11-9-8-10-12-19)23(32)16-22(29(21,2)3)26-27(38-30(4,5)37-26)31(20,6)14-13-24(18)35-17-34-7/h8-12,16,20-21,24-27H,1,13-15,17H2,2-7H3/t20-,21-,24+,25+,26-,27+,31-/m1/s1. The first-order chi connectivity index (χ1) is 17.9. The Morgan fingerprint density at radius 2 is 1.82 bits per heavy atom. The van der Waals surface area contributed by atoms with E-state index in [0.29, 0.717) is 12.0 Å². The molecule has 7 atom stereocenters. The van der Waals surface area contributed by atoms with Crippen LogP contribution in [0, 0.1) is 22.7 Å². The van der Waals surface area contributed by atoms with Gasteiger partial charge in [0.25, 0.3) is 0 Å². The van der Waals surface area contributed by atoms with Crippen molar-refractivity contribution in [3.8, 4) is 0 Å². The molecule has 1 aromatic carbocycles. The van der Waals surface area contributed by atoms with Crippen LogP contribution in [0.1, 0.15) is 64.2 Å². The second-order valence-electron chi connectivity index (χ2n) is 12.5. The maximum Gasteiger partial charge on any atom is 0.338 e. The van der Waals surface area contributed by atoms with Crippen molar-refractivity contribution in [2.75, 3.05) is 13.9 Å². The van der Waals surface area contributed by atoms with Crippen LogP contribution in [0.3, 0.4) is 0 Å². The predicted molar refractivity (Wildman–Crippen MR) is 141 cm³/mol. The van der Waals surface area contributed by atoms with Crippen LogP contribution in [0.2, 0.25) is 0 Å². The smallest absolute Gasteiger partial charge is 0.338 e. The number of esters is 1. The summed E-state index contributed by atoms with van der Waals surface area (Å²) < 4.78 is 30.4. The molecule has 0 aromatic heterocycles. The quantitative estimate of drug-likeness (QED) is 0.296. The number of hydrogen-bond acceptors (Lipinski definition) is 7. The maximum atomic E-state index is 13.7. The van der Waals surface area contributed by atoms with Gasteiger partial charge in [0.1, 0.15) is 12.9 Å². The molecule has 1 heterocycles. The van der Waals surface area contributed by atoms with E-state index in [1.165, 1.54) is 0 Å². The van der Waals surface area contributed by atoms with Crippen LogP contribution in [0.4, 0.5) is 0 Å². The van der Waals surface area contributed by atoms with Crippen molar-refractivity contribution in [1.82, 2.24) is 0 Å². The molecule has 7 heteroatoms. The summed E-state index contributed by atoms with van der Waals surface area (Å²) in [7, 11) is 1.61. The van der Waals surface area contributed by atoms with Crippen molar-refractivity contribution in [2.45, 2.75) is 84.1 Å². The molecule has 1 aromatic rings. The van der Waals surface area contributed by atoms with Gasteiger partial charge in [-0.2, -0.15) is 0 Å². The lowest BCUT2D eigenvalue weighted by Gasteiger charge is -2.56. The third-order valence-corrected chi connectivity index (χ3v) is 9.39. The number of benzene rings is 1. The predicted octanol–water partition coefficient (Wildman–Crippen LogP) is 5.25. The van der Waals surface area contributed by atoms with E-state index in [1.807, 2.05) is 19.9 Å². The van der Waals surface area contributed by atoms with Crippen LogP contribution in [-0.4, -0.2) is 55.9 Å². The van der Waals surface area contributed by atoms with Crippen molar-refractivity contribution in [3.63, 3.8) is 0 Å². The Hall–Kier alpha value is -2.32. The molecule has 0 N–H and O–H groups in total. The molecular weight excluding hydrogens is 484 g/mol. The van der Waals surface area contributed by atoms with Crippen molar-refractivity contribution in [1.29, 1.82) is 0 Å². The van der Waals surface area contributed by atoms with Crippen molar-refractivity contribution in [2.24, 2.45) is 22.7 Å². The minimum absolute atomic E-state index is 0.0437. The highest BCUT2D eigenvalue weighted by Crippen LogP contribution is 2.61. The van der Waals surface area contributed by atoms with Crippen LogP contribution < -0.4 is 0 Å². The Bertz CT molecular complexity index is 1140. The zero-order valence-electron chi connectivity index (χ0n) is 23.3. The molecule has 7 nitrogen and oxygen atoms in total. The molecule has 0 spiro atoms. The molecule has 3 aliphatic carbocycles. The Labute approximate surface area is 225 Å². The van der Waals surface area contributed by atoms with E-state index in [0.717, 1.165) is 24.0 Å². The Kier molecular flexibility index (Phi) is 6.96. The third kappa shape index (κ3) is 4.47. The van der Waals surface area contributed by atoms with E-state index in [2.05, 4.69) is 27.4 Å². The first kappa shape index (κ1) is 27.3. The molecule has 0 radical (unpaired) electrons. The number of ketones is 1. The number of carbonyl (C=O) groups excluding carboxylic acids is 2. The van der Waals surface area contributed by atoms with Gasteiger partial charge in [-0.1, -0.05) is 45.5 Å². The fraction of sp³-hybridized carbons (Fsp3) is 0.613. The lowest BCUT2D eigenvalue weighted by atomic mass is 9.51. The molecule has 38 heavy (non-hydrogen) atoms. The summed E-state index contributed by atoms with van der Waals surface area (Å²) in [5.41, 5.74) is 1.50. The van der Waals surface area contributed by atoms with Gasteiger partial charge in [-0.3, -0.25) is 4.79 Å². The molecule has 3 fully saturated rings. The summed E-state index contributed by atoms with van der Waals surface area (Å²) in [5.74, 6) is -1.83. The minimum atomic E-state index is -0.911. The average molecular weight is 525 g/mol. The van der Waals surface area contributed by atoms with E-state index in [4.69, 9.17) is 23.7 Å². The van der Waals surface area contributed by atoms with Gasteiger partial charge >= 0.3 is 5.97 Å². The molecule has 5 rings (SSSR count). The van der Waals surface area contributed by atoms with Crippen molar-refractivity contribution >= 4 is 11.8 Å². The molecule has 206 valence electrons. The highest BCUT2D eigenvalue weighted by atomic mass is 16.8. The summed E-state index contributed by atoms with van der Waals surface area (Å²) in [6, 6.07) is 8.82. The monoisotopic (exact) mass is 524 g/mol. The molecule has 0 amide bonds. The molecular formula is C31H40O7. The summed E-state index contributed by atoms with van der Waals surface area (Å²) in [5, 5.41) is 0. The van der Waals surface area contributed by atoms with Crippen molar-refractivity contribution < 1.29 is 33.3 Å². The second-order valence-corrected chi connectivity index (χ2v) is 12.5. The van der Waals surface area contributed by atoms with E-state index in [9.17, 15) is 9.59 Å². The zero-order valence-corrected chi connectivity index (χ0v) is 23.3. The van der Waals surface area contributed by atoms with E-state index in [1.54, 1.807) is 37.5 Å². The van der Waals surface area contributed by atoms with Crippen LogP contribution in [0.15, 0.2) is 54.1 Å². The number of carbonyl (C=O) groups is 2. The van der Waals surface area contributed by atoms with E-state index < -0.39 is 29.4 Å². The van der Waals surface area contributed by atoms with Gasteiger partial charge in [-0.15, -0.1) is 0 Å². The van der Waals surface area contributed by atoms with Crippen LogP contribution in [0.5, 0.6) is 0 Å². The van der Waals surface area contributed by atoms with Gasteiger partial charge in [0.2, 0.25) is 0 Å². The minimum Gasteiger partial charge on any atom is -0.450 e. The van der Waals surface area contributed by atoms with Crippen LogP contribution >= 0.6 is 0 Å². The molecule has 4 aliphatic rings. The van der Waals surface area contributed by atoms with E-state index >= 15 is 0 Å². The van der Waals surface area contributed by atoms with Gasteiger partial charge in [0.15, 0.2) is 17.7 Å². The largest absolute Gasteiger partial charge is 0.450 e. The zero-order chi connectivity index (χ0) is 27.5. The molecule has 1 aliphatic heterocycles. The Balaban J connectivity index is 1.59. The normalized spacial score (nSPS) is 37.4. The SMILES string of the molecule is C=C1[C@@H](OCOC)CC[C@]2(C)[C@@H]1C[C@@H]1[C@H](OC(=O)c3ccccc3)C(=O)C=C([C@H]3OC(C)(C)O[C@@H]32)C1(C)C. The summed E-state index contributed by atoms with van der Waals surface area (Å²) >= 11 is 0.